The SMILES string of the molecule is CCN(CCN1CCOCC1)c1cc(N2CCOCC2)cc(N=NCc2cccc(C)c2)n1. The molecule has 3 heterocycles. The largest absolute Gasteiger partial charge is 0.379 e. The lowest BCUT2D eigenvalue weighted by molar-refractivity contribution is 0.0392. The maximum absolute atomic E-state index is 5.55. The Bertz CT molecular complexity index is 910. The summed E-state index contributed by atoms with van der Waals surface area (Å²) in [5.41, 5.74) is 3.53. The van der Waals surface area contributed by atoms with E-state index in [4.69, 9.17) is 14.5 Å². The van der Waals surface area contributed by atoms with Crippen LogP contribution in [0.15, 0.2) is 46.6 Å². The van der Waals surface area contributed by atoms with Gasteiger partial charge in [-0.25, -0.2) is 4.98 Å². The third-order valence-electron chi connectivity index (χ3n) is 6.16. The van der Waals surface area contributed by atoms with Gasteiger partial charge in [-0.15, -0.1) is 5.11 Å². The zero-order valence-electron chi connectivity index (χ0n) is 19.9. The lowest BCUT2D eigenvalue weighted by atomic mass is 10.1. The molecule has 0 N–H and O–H groups in total. The first kappa shape index (κ1) is 23.6. The van der Waals surface area contributed by atoms with Gasteiger partial charge in [0.05, 0.1) is 33.0 Å². The Morgan fingerprint density at radius 2 is 1.76 bits per heavy atom. The minimum absolute atomic E-state index is 0.551. The van der Waals surface area contributed by atoms with Crippen molar-refractivity contribution in [1.29, 1.82) is 0 Å². The number of aromatic nitrogens is 1. The predicted octanol–water partition coefficient (Wildman–Crippen LogP) is 3.67. The van der Waals surface area contributed by atoms with Crippen LogP contribution >= 0.6 is 0 Å². The highest BCUT2D eigenvalue weighted by Gasteiger charge is 2.17. The number of nitrogens with zero attached hydrogens (tertiary/aromatic N) is 6. The molecule has 1 aromatic carbocycles. The minimum atomic E-state index is 0.551. The van der Waals surface area contributed by atoms with Crippen LogP contribution in [0.2, 0.25) is 0 Å². The highest BCUT2D eigenvalue weighted by atomic mass is 16.5. The summed E-state index contributed by atoms with van der Waals surface area (Å²) >= 11 is 0. The number of hydrogen-bond donors (Lipinski definition) is 0. The molecule has 2 fully saturated rings. The van der Waals surface area contributed by atoms with E-state index in [2.05, 4.69) is 69.1 Å². The molecule has 0 saturated carbocycles. The Kier molecular flexibility index (Phi) is 8.63. The number of azo groups is 1. The van der Waals surface area contributed by atoms with E-state index in [1.807, 2.05) is 6.07 Å². The maximum Gasteiger partial charge on any atom is 0.178 e. The molecule has 0 atom stereocenters. The maximum atomic E-state index is 5.55. The fourth-order valence-electron chi connectivity index (χ4n) is 4.23. The summed E-state index contributed by atoms with van der Waals surface area (Å²) in [6, 6.07) is 12.6. The Morgan fingerprint density at radius 1 is 1.00 bits per heavy atom. The summed E-state index contributed by atoms with van der Waals surface area (Å²) in [6.45, 7) is 14.5. The molecule has 33 heavy (non-hydrogen) atoms. The third-order valence-corrected chi connectivity index (χ3v) is 6.16. The van der Waals surface area contributed by atoms with E-state index in [0.29, 0.717) is 12.4 Å². The van der Waals surface area contributed by atoms with Gasteiger partial charge in [0, 0.05) is 63.6 Å². The van der Waals surface area contributed by atoms with Crippen LogP contribution in [0.25, 0.3) is 0 Å². The second kappa shape index (κ2) is 12.1. The van der Waals surface area contributed by atoms with Crippen LogP contribution in [-0.2, 0) is 16.0 Å². The van der Waals surface area contributed by atoms with E-state index in [1.165, 1.54) is 5.56 Å². The van der Waals surface area contributed by atoms with Crippen molar-refractivity contribution in [3.8, 4) is 0 Å². The topological polar surface area (TPSA) is 65.8 Å². The number of rotatable bonds is 9. The van der Waals surface area contributed by atoms with Gasteiger partial charge in [0.25, 0.3) is 0 Å². The standard InChI is InChI=1S/C25H36N6O2/c1-3-30(8-7-29-9-13-32-14-10-29)25-19-23(31-11-15-33-16-12-31)18-24(27-25)28-26-20-22-6-4-5-21(2)17-22/h4-6,17-19H,3,7-16,20H2,1-2H3. The molecule has 2 aliphatic rings. The Labute approximate surface area is 197 Å². The van der Waals surface area contributed by atoms with Crippen molar-refractivity contribution < 1.29 is 9.47 Å². The van der Waals surface area contributed by atoms with E-state index in [-0.39, 0.29) is 0 Å². The Hall–Kier alpha value is -2.55. The van der Waals surface area contributed by atoms with E-state index in [1.54, 1.807) is 0 Å². The molecule has 0 unspecified atom stereocenters. The molecule has 178 valence electrons. The zero-order chi connectivity index (χ0) is 22.9. The smallest absolute Gasteiger partial charge is 0.178 e. The van der Waals surface area contributed by atoms with Crippen molar-refractivity contribution >= 4 is 17.3 Å². The Balaban J connectivity index is 1.51. The molecule has 1 aromatic heterocycles. The molecule has 0 aliphatic carbocycles. The van der Waals surface area contributed by atoms with Gasteiger partial charge in [-0.05, 0) is 19.4 Å². The second-order valence-electron chi connectivity index (χ2n) is 8.56. The molecule has 0 spiro atoms. The zero-order valence-corrected chi connectivity index (χ0v) is 19.9. The van der Waals surface area contributed by atoms with Gasteiger partial charge in [-0.1, -0.05) is 29.8 Å². The van der Waals surface area contributed by atoms with Gasteiger partial charge < -0.3 is 19.3 Å². The molecule has 8 nitrogen and oxygen atoms in total. The number of pyridine rings is 1. The molecule has 2 saturated heterocycles. The Morgan fingerprint density at radius 3 is 2.48 bits per heavy atom. The van der Waals surface area contributed by atoms with E-state index in [9.17, 15) is 0 Å². The lowest BCUT2D eigenvalue weighted by Crippen LogP contribution is -2.41. The van der Waals surface area contributed by atoms with Crippen molar-refractivity contribution in [2.45, 2.75) is 20.4 Å². The molecular weight excluding hydrogens is 416 g/mol. The number of morpholine rings is 2. The molecular formula is C25H36N6O2. The van der Waals surface area contributed by atoms with Crippen molar-refractivity contribution in [3.05, 3.63) is 47.5 Å². The fourth-order valence-corrected chi connectivity index (χ4v) is 4.23. The van der Waals surface area contributed by atoms with Crippen LogP contribution in [-0.4, -0.2) is 82.1 Å². The van der Waals surface area contributed by atoms with Gasteiger partial charge in [-0.3, -0.25) is 4.90 Å². The van der Waals surface area contributed by atoms with Crippen LogP contribution < -0.4 is 9.80 Å². The fraction of sp³-hybridized carbons (Fsp3) is 0.560. The number of anilines is 2. The van der Waals surface area contributed by atoms with Gasteiger partial charge >= 0.3 is 0 Å². The van der Waals surface area contributed by atoms with Gasteiger partial charge in [0.1, 0.15) is 5.82 Å². The van der Waals surface area contributed by atoms with Crippen LogP contribution in [0.3, 0.4) is 0 Å². The molecule has 4 rings (SSSR count). The third kappa shape index (κ3) is 6.96. The van der Waals surface area contributed by atoms with E-state index in [0.717, 1.165) is 89.3 Å². The number of aryl methyl sites for hydroxylation is 1. The van der Waals surface area contributed by atoms with Gasteiger partial charge in [0.2, 0.25) is 0 Å². The quantitative estimate of drug-likeness (QED) is 0.541. The number of ether oxygens (including phenoxy) is 2. The van der Waals surface area contributed by atoms with Crippen LogP contribution in [0.4, 0.5) is 17.3 Å². The van der Waals surface area contributed by atoms with E-state index < -0.39 is 0 Å². The first-order valence-electron chi connectivity index (χ1n) is 12.0. The molecule has 2 aromatic rings. The van der Waals surface area contributed by atoms with Crippen LogP contribution in [0, 0.1) is 6.92 Å². The summed E-state index contributed by atoms with van der Waals surface area (Å²) in [5, 5.41) is 8.98. The second-order valence-corrected chi connectivity index (χ2v) is 8.56. The van der Waals surface area contributed by atoms with E-state index >= 15 is 0 Å². The summed E-state index contributed by atoms with van der Waals surface area (Å²) in [6.07, 6.45) is 0. The molecule has 8 heteroatoms. The highest BCUT2D eigenvalue weighted by Crippen LogP contribution is 2.27. The lowest BCUT2D eigenvalue weighted by Gasteiger charge is -2.32. The summed E-state index contributed by atoms with van der Waals surface area (Å²) in [5.74, 6) is 1.62. The van der Waals surface area contributed by atoms with Gasteiger partial charge in [-0.2, -0.15) is 5.11 Å². The van der Waals surface area contributed by atoms with Gasteiger partial charge in [0.15, 0.2) is 5.82 Å². The normalized spacial score (nSPS) is 17.6. The predicted molar refractivity (Wildman–Crippen MR) is 132 cm³/mol. The van der Waals surface area contributed by atoms with Crippen LogP contribution in [0.5, 0.6) is 0 Å². The number of benzene rings is 1. The highest BCUT2D eigenvalue weighted by molar-refractivity contribution is 5.61. The van der Waals surface area contributed by atoms with Crippen LogP contribution in [0.1, 0.15) is 18.1 Å². The van der Waals surface area contributed by atoms with Crippen molar-refractivity contribution in [2.75, 3.05) is 82.0 Å². The number of hydrogen-bond acceptors (Lipinski definition) is 8. The first-order valence-corrected chi connectivity index (χ1v) is 12.0. The average Bonchev–Trinajstić information content (AvgIpc) is 2.86. The molecule has 0 bridgehead atoms. The average molecular weight is 453 g/mol. The minimum Gasteiger partial charge on any atom is -0.379 e. The van der Waals surface area contributed by atoms with Crippen molar-refractivity contribution in [3.63, 3.8) is 0 Å². The molecule has 0 radical (unpaired) electrons. The first-order chi connectivity index (χ1) is 16.2. The van der Waals surface area contributed by atoms with Crippen molar-refractivity contribution in [2.24, 2.45) is 10.2 Å². The molecule has 2 aliphatic heterocycles. The van der Waals surface area contributed by atoms with Crippen molar-refractivity contribution in [1.82, 2.24) is 9.88 Å². The monoisotopic (exact) mass is 452 g/mol. The number of likely N-dealkylation sites (N-methyl/N-ethyl adjacent to an activating group) is 1. The summed E-state index contributed by atoms with van der Waals surface area (Å²) < 4.78 is 11.0. The molecule has 0 amide bonds. The summed E-state index contributed by atoms with van der Waals surface area (Å²) in [7, 11) is 0. The summed E-state index contributed by atoms with van der Waals surface area (Å²) in [4.78, 5) is 12.0.